The predicted molar refractivity (Wildman–Crippen MR) is 34.1 cm³/mol. The molecule has 54 valence electrons. The van der Waals surface area contributed by atoms with E-state index in [1.165, 1.54) is 0 Å². The van der Waals surface area contributed by atoms with Gasteiger partial charge in [-0.05, 0) is 6.42 Å². The van der Waals surface area contributed by atoms with Crippen molar-refractivity contribution in [3.8, 4) is 0 Å². The van der Waals surface area contributed by atoms with Crippen molar-refractivity contribution in [2.75, 3.05) is 0 Å². The van der Waals surface area contributed by atoms with E-state index < -0.39 is 11.9 Å². The standard InChI is InChI=1S/C7H8O3/c1-2-3-5-4-6(8)10-7(5)9/h3H,2,4H2,1H3/b5-3-. The van der Waals surface area contributed by atoms with Crippen LogP contribution in [0.5, 0.6) is 0 Å². The smallest absolute Gasteiger partial charge is 0.341 e. The summed E-state index contributed by atoms with van der Waals surface area (Å²) in [7, 11) is 0. The van der Waals surface area contributed by atoms with Gasteiger partial charge in [0.15, 0.2) is 0 Å². The molecule has 3 heteroatoms. The predicted octanol–water partition coefficient (Wildman–Crippen LogP) is 0.796. The maximum atomic E-state index is 10.7. The van der Waals surface area contributed by atoms with Crippen LogP contribution in [-0.2, 0) is 14.3 Å². The van der Waals surface area contributed by atoms with Crippen LogP contribution in [0.1, 0.15) is 19.8 Å². The maximum absolute atomic E-state index is 10.7. The fraction of sp³-hybridized carbons (Fsp3) is 0.429. The van der Waals surface area contributed by atoms with E-state index in [0.29, 0.717) is 5.57 Å². The van der Waals surface area contributed by atoms with Gasteiger partial charge in [0.2, 0.25) is 0 Å². The molecule has 0 spiro atoms. The molecule has 1 aliphatic rings. The number of cyclic esters (lactones) is 2. The van der Waals surface area contributed by atoms with Crippen molar-refractivity contribution in [2.24, 2.45) is 0 Å². The zero-order chi connectivity index (χ0) is 7.56. The molecule has 3 nitrogen and oxygen atoms in total. The molecule has 1 saturated heterocycles. The quantitative estimate of drug-likeness (QED) is 0.307. The Kier molecular flexibility index (Phi) is 1.85. The molecule has 0 aromatic rings. The topological polar surface area (TPSA) is 43.4 Å². The Morgan fingerprint density at radius 3 is 2.70 bits per heavy atom. The second-order valence-corrected chi connectivity index (χ2v) is 2.08. The SMILES string of the molecule is CC/C=C1/CC(=O)OC1=O. The van der Waals surface area contributed by atoms with E-state index in [-0.39, 0.29) is 6.42 Å². The third kappa shape index (κ3) is 1.23. The van der Waals surface area contributed by atoms with E-state index in [9.17, 15) is 9.59 Å². The fourth-order valence-electron chi connectivity index (χ4n) is 0.835. The van der Waals surface area contributed by atoms with Crippen molar-refractivity contribution in [3.05, 3.63) is 11.6 Å². The van der Waals surface area contributed by atoms with Crippen molar-refractivity contribution in [3.63, 3.8) is 0 Å². The van der Waals surface area contributed by atoms with Gasteiger partial charge >= 0.3 is 11.9 Å². The average molecular weight is 140 g/mol. The maximum Gasteiger partial charge on any atom is 0.341 e. The van der Waals surface area contributed by atoms with E-state index >= 15 is 0 Å². The van der Waals surface area contributed by atoms with Crippen LogP contribution >= 0.6 is 0 Å². The molecule has 1 aliphatic heterocycles. The summed E-state index contributed by atoms with van der Waals surface area (Å²) in [6.45, 7) is 1.91. The van der Waals surface area contributed by atoms with Crippen molar-refractivity contribution >= 4 is 11.9 Å². The number of carbonyl (C=O) groups excluding carboxylic acids is 2. The Labute approximate surface area is 58.7 Å². The van der Waals surface area contributed by atoms with Gasteiger partial charge in [-0.25, -0.2) is 4.79 Å². The zero-order valence-corrected chi connectivity index (χ0v) is 5.72. The lowest BCUT2D eigenvalue weighted by Crippen LogP contribution is -1.96. The molecule has 0 radical (unpaired) electrons. The highest BCUT2D eigenvalue weighted by molar-refractivity contribution is 6.05. The molecule has 0 amide bonds. The lowest BCUT2D eigenvalue weighted by atomic mass is 10.2. The molecule has 0 aliphatic carbocycles. The molecule has 1 fully saturated rings. The minimum absolute atomic E-state index is 0.146. The number of esters is 2. The Morgan fingerprint density at radius 2 is 2.30 bits per heavy atom. The van der Waals surface area contributed by atoms with Gasteiger partial charge in [0.1, 0.15) is 0 Å². The summed E-state index contributed by atoms with van der Waals surface area (Å²) in [5, 5.41) is 0. The molecule has 0 unspecified atom stereocenters. The van der Waals surface area contributed by atoms with Gasteiger partial charge in [0.25, 0.3) is 0 Å². The second kappa shape index (κ2) is 2.64. The van der Waals surface area contributed by atoms with Gasteiger partial charge in [-0.2, -0.15) is 0 Å². The minimum Gasteiger partial charge on any atom is -0.389 e. The molecule has 0 bridgehead atoms. The number of allylic oxidation sites excluding steroid dienone is 1. The van der Waals surface area contributed by atoms with Crippen LogP contribution in [0.15, 0.2) is 11.6 Å². The summed E-state index contributed by atoms with van der Waals surface area (Å²) < 4.78 is 4.28. The van der Waals surface area contributed by atoms with Crippen molar-refractivity contribution in [1.82, 2.24) is 0 Å². The zero-order valence-electron chi connectivity index (χ0n) is 5.72. The van der Waals surface area contributed by atoms with E-state index in [1.54, 1.807) is 6.08 Å². The summed E-state index contributed by atoms with van der Waals surface area (Å²) in [6.07, 6.45) is 2.62. The Bertz CT molecular complexity index is 203. The van der Waals surface area contributed by atoms with Crippen LogP contribution < -0.4 is 0 Å². The normalized spacial score (nSPS) is 21.9. The summed E-state index contributed by atoms with van der Waals surface area (Å²) >= 11 is 0. The van der Waals surface area contributed by atoms with Crippen molar-refractivity contribution < 1.29 is 14.3 Å². The van der Waals surface area contributed by atoms with E-state index in [1.807, 2.05) is 6.92 Å². The third-order valence-corrected chi connectivity index (χ3v) is 1.25. The molecule has 0 atom stereocenters. The van der Waals surface area contributed by atoms with E-state index in [4.69, 9.17) is 0 Å². The molecule has 1 heterocycles. The molecular weight excluding hydrogens is 132 g/mol. The van der Waals surface area contributed by atoms with Crippen LogP contribution in [0, 0.1) is 0 Å². The van der Waals surface area contributed by atoms with Crippen molar-refractivity contribution in [1.29, 1.82) is 0 Å². The number of hydrogen-bond donors (Lipinski definition) is 0. The van der Waals surface area contributed by atoms with Gasteiger partial charge in [-0.15, -0.1) is 0 Å². The lowest BCUT2D eigenvalue weighted by molar-refractivity contribution is -0.151. The molecule has 0 N–H and O–H groups in total. The number of rotatable bonds is 1. The largest absolute Gasteiger partial charge is 0.389 e. The molecule has 10 heavy (non-hydrogen) atoms. The lowest BCUT2D eigenvalue weighted by Gasteiger charge is -1.84. The highest BCUT2D eigenvalue weighted by Crippen LogP contribution is 2.14. The van der Waals surface area contributed by atoms with Crippen LogP contribution in [0.4, 0.5) is 0 Å². The molecule has 0 aromatic heterocycles. The van der Waals surface area contributed by atoms with Crippen molar-refractivity contribution in [2.45, 2.75) is 19.8 Å². The average Bonchev–Trinajstić information content (AvgIpc) is 2.13. The van der Waals surface area contributed by atoms with Crippen LogP contribution in [0.25, 0.3) is 0 Å². The first-order valence-electron chi connectivity index (χ1n) is 3.18. The summed E-state index contributed by atoms with van der Waals surface area (Å²) in [4.78, 5) is 21.1. The van der Waals surface area contributed by atoms with Crippen LogP contribution in [0.2, 0.25) is 0 Å². The highest BCUT2D eigenvalue weighted by Gasteiger charge is 2.25. The van der Waals surface area contributed by atoms with Gasteiger partial charge < -0.3 is 4.74 Å². The first-order valence-corrected chi connectivity index (χ1v) is 3.18. The van der Waals surface area contributed by atoms with E-state index in [0.717, 1.165) is 6.42 Å². The van der Waals surface area contributed by atoms with Gasteiger partial charge in [0, 0.05) is 5.57 Å². The first-order chi connectivity index (χ1) is 4.74. The second-order valence-electron chi connectivity index (χ2n) is 2.08. The number of carbonyl (C=O) groups is 2. The Balaban J connectivity index is 2.72. The monoisotopic (exact) mass is 140 g/mol. The summed E-state index contributed by atoms with van der Waals surface area (Å²) in [5.41, 5.74) is 0.493. The van der Waals surface area contributed by atoms with Gasteiger partial charge in [0.05, 0.1) is 6.42 Å². The van der Waals surface area contributed by atoms with Gasteiger partial charge in [-0.1, -0.05) is 13.0 Å². The molecule has 0 aromatic carbocycles. The summed E-state index contributed by atoms with van der Waals surface area (Å²) in [5.74, 6) is -0.920. The molecule has 1 rings (SSSR count). The minimum atomic E-state index is -0.480. The fourth-order valence-corrected chi connectivity index (χ4v) is 0.835. The highest BCUT2D eigenvalue weighted by atomic mass is 16.6. The Hall–Kier alpha value is -1.12. The van der Waals surface area contributed by atoms with Gasteiger partial charge in [-0.3, -0.25) is 4.79 Å². The van der Waals surface area contributed by atoms with E-state index in [2.05, 4.69) is 4.74 Å². The Morgan fingerprint density at radius 1 is 1.60 bits per heavy atom. The molecular formula is C7H8O3. The number of ether oxygens (including phenoxy) is 1. The summed E-state index contributed by atoms with van der Waals surface area (Å²) in [6, 6.07) is 0. The van der Waals surface area contributed by atoms with Crippen LogP contribution in [0.3, 0.4) is 0 Å². The number of hydrogen-bond acceptors (Lipinski definition) is 3. The first kappa shape index (κ1) is 6.99. The third-order valence-electron chi connectivity index (χ3n) is 1.25. The molecule has 0 saturated carbocycles. The van der Waals surface area contributed by atoms with Crippen LogP contribution in [-0.4, -0.2) is 11.9 Å².